The predicted molar refractivity (Wildman–Crippen MR) is 89.6 cm³/mol. The van der Waals surface area contributed by atoms with Crippen LogP contribution in [0, 0.1) is 5.41 Å². The molecular formula is C17H26N2OS. The lowest BCUT2D eigenvalue weighted by Gasteiger charge is -2.22. The van der Waals surface area contributed by atoms with Crippen LogP contribution in [-0.2, 0) is 4.79 Å². The Hall–Kier alpha value is -1.00. The molecule has 1 aromatic carbocycles. The summed E-state index contributed by atoms with van der Waals surface area (Å²) < 4.78 is 0. The second kappa shape index (κ2) is 6.84. The number of carbonyl (C=O) groups is 1. The van der Waals surface area contributed by atoms with Gasteiger partial charge in [0.05, 0.1) is 5.75 Å². The Bertz CT molecular complexity index is 486. The molecule has 2 N–H and O–H groups in total. The van der Waals surface area contributed by atoms with E-state index in [-0.39, 0.29) is 11.3 Å². The molecule has 1 saturated heterocycles. The van der Waals surface area contributed by atoms with Gasteiger partial charge in [0.15, 0.2) is 0 Å². The molecule has 1 fully saturated rings. The van der Waals surface area contributed by atoms with Gasteiger partial charge in [-0.3, -0.25) is 4.79 Å². The molecule has 21 heavy (non-hydrogen) atoms. The van der Waals surface area contributed by atoms with E-state index >= 15 is 0 Å². The van der Waals surface area contributed by atoms with Crippen LogP contribution in [-0.4, -0.2) is 36.2 Å². The molecule has 0 spiro atoms. The number of amides is 1. The van der Waals surface area contributed by atoms with Crippen molar-refractivity contribution >= 4 is 17.7 Å². The molecule has 1 atom stereocenters. The summed E-state index contributed by atoms with van der Waals surface area (Å²) in [6.45, 7) is 8.84. The number of likely N-dealkylation sites (tertiary alicyclic amines) is 1. The van der Waals surface area contributed by atoms with Crippen LogP contribution in [0.4, 0.5) is 0 Å². The highest BCUT2D eigenvalue weighted by atomic mass is 32.2. The average molecular weight is 306 g/mol. The zero-order valence-electron chi connectivity index (χ0n) is 13.3. The fourth-order valence-corrected chi connectivity index (χ4v) is 3.39. The van der Waals surface area contributed by atoms with Crippen LogP contribution < -0.4 is 5.73 Å². The topological polar surface area (TPSA) is 46.3 Å². The van der Waals surface area contributed by atoms with Gasteiger partial charge < -0.3 is 10.6 Å². The summed E-state index contributed by atoms with van der Waals surface area (Å²) in [4.78, 5) is 15.4. The van der Waals surface area contributed by atoms with Gasteiger partial charge in [0, 0.05) is 18.0 Å². The molecule has 1 aliphatic rings. The van der Waals surface area contributed by atoms with E-state index in [4.69, 9.17) is 5.73 Å². The molecule has 1 aromatic rings. The summed E-state index contributed by atoms with van der Waals surface area (Å²) >= 11 is 1.62. The lowest BCUT2D eigenvalue weighted by Crippen LogP contribution is -2.35. The molecule has 0 bridgehead atoms. The summed E-state index contributed by atoms with van der Waals surface area (Å²) in [5.74, 6) is 1.29. The third kappa shape index (κ3) is 4.24. The van der Waals surface area contributed by atoms with Crippen LogP contribution in [0.1, 0.15) is 38.7 Å². The van der Waals surface area contributed by atoms with Crippen molar-refractivity contribution in [1.29, 1.82) is 0 Å². The van der Waals surface area contributed by atoms with Crippen LogP contribution >= 0.6 is 11.8 Å². The number of thioether (sulfide) groups is 1. The number of hydrogen-bond donors (Lipinski definition) is 1. The minimum absolute atomic E-state index is 0.110. The van der Waals surface area contributed by atoms with Crippen molar-refractivity contribution in [2.45, 2.75) is 38.0 Å². The molecule has 0 radical (unpaired) electrons. The van der Waals surface area contributed by atoms with Crippen LogP contribution in [0.25, 0.3) is 0 Å². The second-order valence-electron chi connectivity index (χ2n) is 6.59. The molecule has 4 heteroatoms. The third-order valence-electron chi connectivity index (χ3n) is 4.31. The molecule has 1 heterocycles. The van der Waals surface area contributed by atoms with E-state index in [1.807, 2.05) is 4.90 Å². The highest BCUT2D eigenvalue weighted by molar-refractivity contribution is 8.00. The fourth-order valence-electron chi connectivity index (χ4n) is 2.59. The molecular weight excluding hydrogens is 280 g/mol. The van der Waals surface area contributed by atoms with E-state index in [0.29, 0.717) is 18.2 Å². The lowest BCUT2D eigenvalue weighted by atomic mass is 9.90. The largest absolute Gasteiger partial charge is 0.341 e. The van der Waals surface area contributed by atoms with Crippen molar-refractivity contribution in [3.8, 4) is 0 Å². The fraction of sp³-hybridized carbons (Fsp3) is 0.588. The molecule has 1 amide bonds. The number of nitrogens with zero attached hydrogens (tertiary/aromatic N) is 1. The first kappa shape index (κ1) is 16.4. The SMILES string of the molecule is CC(C)c1ccc(SCC(=O)N2CCC(C)(CN)C2)cc1. The second-order valence-corrected chi connectivity index (χ2v) is 7.64. The Balaban J connectivity index is 1.84. The quantitative estimate of drug-likeness (QED) is 0.850. The number of hydrogen-bond acceptors (Lipinski definition) is 3. The van der Waals surface area contributed by atoms with Gasteiger partial charge in [-0.05, 0) is 42.0 Å². The Morgan fingerprint density at radius 3 is 2.57 bits per heavy atom. The summed E-state index contributed by atoms with van der Waals surface area (Å²) in [5.41, 5.74) is 7.24. The van der Waals surface area contributed by atoms with Crippen LogP contribution in [0.5, 0.6) is 0 Å². The molecule has 1 unspecified atom stereocenters. The van der Waals surface area contributed by atoms with Gasteiger partial charge in [0.1, 0.15) is 0 Å². The standard InChI is InChI=1S/C17H26N2OS/c1-13(2)14-4-6-15(7-5-14)21-10-16(20)19-9-8-17(3,11-18)12-19/h4-7,13H,8-12,18H2,1-3H3. The Morgan fingerprint density at radius 1 is 1.38 bits per heavy atom. The van der Waals surface area contributed by atoms with Crippen molar-refractivity contribution in [3.63, 3.8) is 0 Å². The molecule has 0 aliphatic carbocycles. The third-order valence-corrected chi connectivity index (χ3v) is 5.31. The summed E-state index contributed by atoms with van der Waals surface area (Å²) in [7, 11) is 0. The minimum Gasteiger partial charge on any atom is -0.341 e. The zero-order valence-corrected chi connectivity index (χ0v) is 14.1. The number of carbonyl (C=O) groups excluding carboxylic acids is 1. The van der Waals surface area contributed by atoms with Gasteiger partial charge in [0.2, 0.25) is 5.91 Å². The Morgan fingerprint density at radius 2 is 2.05 bits per heavy atom. The molecule has 1 aliphatic heterocycles. The molecule has 3 nitrogen and oxygen atoms in total. The normalized spacial score (nSPS) is 22.0. The van der Waals surface area contributed by atoms with E-state index in [9.17, 15) is 4.79 Å². The summed E-state index contributed by atoms with van der Waals surface area (Å²) in [5, 5.41) is 0. The maximum Gasteiger partial charge on any atom is 0.232 e. The van der Waals surface area contributed by atoms with Crippen LogP contribution in [0.15, 0.2) is 29.2 Å². The highest BCUT2D eigenvalue weighted by Crippen LogP contribution is 2.29. The van der Waals surface area contributed by atoms with Gasteiger partial charge in [-0.25, -0.2) is 0 Å². The minimum atomic E-state index is 0.110. The first-order valence-electron chi connectivity index (χ1n) is 7.64. The number of rotatable bonds is 5. The summed E-state index contributed by atoms with van der Waals surface area (Å²) in [6.07, 6.45) is 1.02. The van der Waals surface area contributed by atoms with Gasteiger partial charge in [-0.15, -0.1) is 11.8 Å². The van der Waals surface area contributed by atoms with Crippen LogP contribution in [0.2, 0.25) is 0 Å². The molecule has 0 aromatic heterocycles. The maximum absolute atomic E-state index is 12.3. The molecule has 116 valence electrons. The molecule has 0 saturated carbocycles. The van der Waals surface area contributed by atoms with Crippen LogP contribution in [0.3, 0.4) is 0 Å². The lowest BCUT2D eigenvalue weighted by molar-refractivity contribution is -0.127. The summed E-state index contributed by atoms with van der Waals surface area (Å²) in [6, 6.07) is 8.53. The first-order valence-corrected chi connectivity index (χ1v) is 8.63. The Kier molecular flexibility index (Phi) is 5.33. The Labute approximate surface area is 132 Å². The van der Waals surface area contributed by atoms with E-state index in [1.165, 1.54) is 5.56 Å². The van der Waals surface area contributed by atoms with Crippen molar-refractivity contribution in [2.24, 2.45) is 11.1 Å². The maximum atomic E-state index is 12.3. The van der Waals surface area contributed by atoms with Gasteiger partial charge in [-0.1, -0.05) is 32.9 Å². The van der Waals surface area contributed by atoms with Crippen molar-refractivity contribution in [3.05, 3.63) is 29.8 Å². The first-order chi connectivity index (χ1) is 9.93. The van der Waals surface area contributed by atoms with Crippen molar-refractivity contribution in [1.82, 2.24) is 4.90 Å². The average Bonchev–Trinajstić information content (AvgIpc) is 2.88. The zero-order chi connectivity index (χ0) is 15.5. The molecule has 2 rings (SSSR count). The van der Waals surface area contributed by atoms with Gasteiger partial charge in [0.25, 0.3) is 0 Å². The highest BCUT2D eigenvalue weighted by Gasteiger charge is 2.34. The number of benzene rings is 1. The van der Waals surface area contributed by atoms with E-state index in [2.05, 4.69) is 45.0 Å². The van der Waals surface area contributed by atoms with E-state index in [0.717, 1.165) is 24.4 Å². The van der Waals surface area contributed by atoms with Crippen molar-refractivity contribution < 1.29 is 4.79 Å². The van der Waals surface area contributed by atoms with E-state index in [1.54, 1.807) is 11.8 Å². The van der Waals surface area contributed by atoms with Gasteiger partial charge in [-0.2, -0.15) is 0 Å². The smallest absolute Gasteiger partial charge is 0.232 e. The van der Waals surface area contributed by atoms with Crippen molar-refractivity contribution in [2.75, 3.05) is 25.4 Å². The van der Waals surface area contributed by atoms with E-state index < -0.39 is 0 Å². The predicted octanol–water partition coefficient (Wildman–Crippen LogP) is 3.10. The number of nitrogens with two attached hydrogens (primary N) is 1. The monoisotopic (exact) mass is 306 g/mol. The van der Waals surface area contributed by atoms with Gasteiger partial charge >= 0.3 is 0 Å².